The summed E-state index contributed by atoms with van der Waals surface area (Å²) in [5.41, 5.74) is -1.31. The van der Waals surface area contributed by atoms with Crippen molar-refractivity contribution >= 4 is 34.9 Å². The quantitative estimate of drug-likeness (QED) is 0.828. The second kappa shape index (κ2) is 5.03. The molecule has 7 nitrogen and oxygen atoms in total. The molecule has 1 aliphatic rings. The van der Waals surface area contributed by atoms with E-state index in [0.29, 0.717) is 22.2 Å². The molecule has 0 fully saturated rings. The van der Waals surface area contributed by atoms with Crippen molar-refractivity contribution in [1.82, 2.24) is 5.16 Å². The van der Waals surface area contributed by atoms with E-state index in [2.05, 4.69) is 15.8 Å². The number of hydrogen-bond donors (Lipinski definition) is 2. The molecule has 3 rings (SSSR count). The Morgan fingerprint density at radius 2 is 2.18 bits per heavy atom. The van der Waals surface area contributed by atoms with Crippen LogP contribution >= 0.6 is 11.6 Å². The number of halogens is 1. The average molecular weight is 322 g/mol. The summed E-state index contributed by atoms with van der Waals surface area (Å²) in [4.78, 5) is 24.6. The second-order valence-corrected chi connectivity index (χ2v) is 5.44. The number of hydrogen-bond acceptors (Lipinski definition) is 5. The standard InChI is InChI=1S/C14H12ClN3O4/c1-7-5-11(18-22-7)17-13(20)14(2)12(19)16-9-6-8(15)3-4-10(9)21-14/h3-6H,1-2H3,(H,16,19)(H,17,18,20)/t14-/m1/s1. The van der Waals surface area contributed by atoms with Crippen molar-refractivity contribution in [3.05, 3.63) is 35.0 Å². The highest BCUT2D eigenvalue weighted by Gasteiger charge is 2.47. The van der Waals surface area contributed by atoms with Gasteiger partial charge in [0, 0.05) is 11.1 Å². The van der Waals surface area contributed by atoms with E-state index in [-0.39, 0.29) is 5.82 Å². The van der Waals surface area contributed by atoms with Crippen LogP contribution in [0.1, 0.15) is 12.7 Å². The van der Waals surface area contributed by atoms with Crippen molar-refractivity contribution in [2.24, 2.45) is 0 Å². The highest BCUT2D eigenvalue weighted by Crippen LogP contribution is 2.35. The number of benzene rings is 1. The largest absolute Gasteiger partial charge is 0.466 e. The number of fused-ring (bicyclic) bond motifs is 1. The first-order valence-electron chi connectivity index (χ1n) is 6.43. The van der Waals surface area contributed by atoms with Crippen LogP contribution in [-0.2, 0) is 9.59 Å². The molecule has 2 heterocycles. The van der Waals surface area contributed by atoms with Gasteiger partial charge in [0.2, 0.25) is 0 Å². The lowest BCUT2D eigenvalue weighted by molar-refractivity contribution is -0.143. The van der Waals surface area contributed by atoms with Gasteiger partial charge in [0.05, 0.1) is 5.69 Å². The van der Waals surface area contributed by atoms with E-state index in [0.717, 1.165) is 0 Å². The number of amides is 2. The van der Waals surface area contributed by atoms with E-state index in [1.807, 2.05) is 0 Å². The van der Waals surface area contributed by atoms with Gasteiger partial charge in [-0.05, 0) is 32.0 Å². The zero-order chi connectivity index (χ0) is 15.9. The van der Waals surface area contributed by atoms with E-state index in [1.54, 1.807) is 25.1 Å². The number of anilines is 2. The Morgan fingerprint density at radius 1 is 1.41 bits per heavy atom. The Labute approximate surface area is 130 Å². The van der Waals surface area contributed by atoms with Crippen molar-refractivity contribution < 1.29 is 18.8 Å². The maximum absolute atomic E-state index is 12.4. The van der Waals surface area contributed by atoms with E-state index in [9.17, 15) is 9.59 Å². The lowest BCUT2D eigenvalue weighted by Crippen LogP contribution is -2.56. The van der Waals surface area contributed by atoms with Gasteiger partial charge in [-0.1, -0.05) is 16.8 Å². The maximum atomic E-state index is 12.4. The summed E-state index contributed by atoms with van der Waals surface area (Å²) in [6, 6.07) is 6.28. The fraction of sp³-hybridized carbons (Fsp3) is 0.214. The van der Waals surface area contributed by atoms with Crippen LogP contribution in [0.15, 0.2) is 28.8 Å². The van der Waals surface area contributed by atoms with Gasteiger partial charge in [-0.2, -0.15) is 0 Å². The van der Waals surface area contributed by atoms with Crippen LogP contribution in [0.2, 0.25) is 5.02 Å². The maximum Gasteiger partial charge on any atom is 0.279 e. The van der Waals surface area contributed by atoms with Crippen molar-refractivity contribution in [1.29, 1.82) is 0 Å². The summed E-state index contributed by atoms with van der Waals surface area (Å²) in [6.45, 7) is 3.07. The fourth-order valence-corrected chi connectivity index (χ4v) is 2.18. The number of nitrogens with zero attached hydrogens (tertiary/aromatic N) is 1. The molecule has 2 amide bonds. The van der Waals surface area contributed by atoms with Crippen molar-refractivity contribution in [2.45, 2.75) is 19.4 Å². The molecule has 2 aromatic rings. The molecule has 1 aromatic carbocycles. The minimum absolute atomic E-state index is 0.210. The Hall–Kier alpha value is -2.54. The van der Waals surface area contributed by atoms with Crippen LogP contribution in [0.5, 0.6) is 5.75 Å². The molecule has 1 aliphatic heterocycles. The van der Waals surface area contributed by atoms with E-state index in [1.165, 1.54) is 13.0 Å². The van der Waals surface area contributed by atoms with Gasteiger partial charge in [-0.15, -0.1) is 0 Å². The second-order valence-electron chi connectivity index (χ2n) is 5.01. The molecule has 0 saturated carbocycles. The van der Waals surface area contributed by atoms with Gasteiger partial charge in [0.15, 0.2) is 5.82 Å². The summed E-state index contributed by atoms with van der Waals surface area (Å²) >= 11 is 5.86. The summed E-state index contributed by atoms with van der Waals surface area (Å²) in [5, 5.41) is 9.20. The minimum Gasteiger partial charge on any atom is -0.466 e. The molecule has 114 valence electrons. The number of carbonyl (C=O) groups excluding carboxylic acids is 2. The third kappa shape index (κ3) is 2.39. The zero-order valence-corrected chi connectivity index (χ0v) is 12.5. The Bertz CT molecular complexity index is 773. The highest BCUT2D eigenvalue weighted by molar-refractivity contribution is 6.31. The van der Waals surface area contributed by atoms with Gasteiger partial charge in [-0.25, -0.2) is 0 Å². The molecule has 0 unspecified atom stereocenters. The molecule has 0 aliphatic carbocycles. The van der Waals surface area contributed by atoms with Gasteiger partial charge in [0.1, 0.15) is 11.5 Å². The summed E-state index contributed by atoms with van der Waals surface area (Å²) in [6.07, 6.45) is 0. The van der Waals surface area contributed by atoms with Gasteiger partial charge in [-0.3, -0.25) is 9.59 Å². The molecule has 0 radical (unpaired) electrons. The predicted octanol–water partition coefficient (Wildman–Crippen LogP) is 2.36. The minimum atomic E-state index is -1.73. The predicted molar refractivity (Wildman–Crippen MR) is 79.0 cm³/mol. The summed E-state index contributed by atoms with van der Waals surface area (Å²) in [7, 11) is 0. The van der Waals surface area contributed by atoms with Crippen LogP contribution in [0, 0.1) is 6.92 Å². The topological polar surface area (TPSA) is 93.5 Å². The lowest BCUT2D eigenvalue weighted by atomic mass is 10.0. The fourth-order valence-electron chi connectivity index (χ4n) is 2.01. The van der Waals surface area contributed by atoms with Crippen LogP contribution in [0.3, 0.4) is 0 Å². The number of aromatic nitrogens is 1. The molecule has 1 atom stereocenters. The smallest absolute Gasteiger partial charge is 0.279 e. The first-order valence-corrected chi connectivity index (χ1v) is 6.81. The van der Waals surface area contributed by atoms with E-state index >= 15 is 0 Å². The number of carbonyl (C=O) groups is 2. The number of nitrogens with one attached hydrogen (secondary N) is 2. The molecule has 0 spiro atoms. The molecule has 0 bridgehead atoms. The van der Waals surface area contributed by atoms with E-state index in [4.69, 9.17) is 20.9 Å². The Balaban J connectivity index is 1.87. The van der Waals surface area contributed by atoms with Crippen molar-refractivity contribution in [2.75, 3.05) is 10.6 Å². The third-order valence-electron chi connectivity index (χ3n) is 3.24. The third-order valence-corrected chi connectivity index (χ3v) is 3.48. The van der Waals surface area contributed by atoms with Crippen LogP contribution in [0.4, 0.5) is 11.5 Å². The molecule has 8 heteroatoms. The SMILES string of the molecule is Cc1cc(NC(=O)[C@]2(C)Oc3ccc(Cl)cc3NC2=O)no1. The summed E-state index contributed by atoms with van der Waals surface area (Å²) in [5.74, 6) is -0.145. The Kier molecular flexibility index (Phi) is 3.29. The molecule has 0 saturated heterocycles. The molecule has 2 N–H and O–H groups in total. The average Bonchev–Trinajstić information content (AvgIpc) is 2.86. The van der Waals surface area contributed by atoms with Crippen molar-refractivity contribution in [3.63, 3.8) is 0 Å². The first kappa shape index (κ1) is 14.4. The molecule has 22 heavy (non-hydrogen) atoms. The molecular formula is C14H12ClN3O4. The summed E-state index contributed by atoms with van der Waals surface area (Å²) < 4.78 is 10.4. The van der Waals surface area contributed by atoms with Crippen LogP contribution < -0.4 is 15.4 Å². The highest BCUT2D eigenvalue weighted by atomic mass is 35.5. The van der Waals surface area contributed by atoms with Gasteiger partial charge >= 0.3 is 0 Å². The first-order chi connectivity index (χ1) is 10.4. The zero-order valence-electron chi connectivity index (χ0n) is 11.8. The lowest BCUT2D eigenvalue weighted by Gasteiger charge is -2.33. The number of aryl methyl sites for hydroxylation is 1. The van der Waals surface area contributed by atoms with Gasteiger partial charge in [0.25, 0.3) is 17.4 Å². The van der Waals surface area contributed by atoms with E-state index < -0.39 is 17.4 Å². The molecular weight excluding hydrogens is 310 g/mol. The van der Waals surface area contributed by atoms with Crippen LogP contribution in [0.25, 0.3) is 0 Å². The monoisotopic (exact) mass is 321 g/mol. The van der Waals surface area contributed by atoms with Crippen molar-refractivity contribution in [3.8, 4) is 5.75 Å². The Morgan fingerprint density at radius 3 is 2.86 bits per heavy atom. The molecule has 1 aromatic heterocycles. The van der Waals surface area contributed by atoms with Crippen LogP contribution in [-0.4, -0.2) is 22.6 Å². The number of rotatable bonds is 2. The van der Waals surface area contributed by atoms with Gasteiger partial charge < -0.3 is 19.9 Å². The normalized spacial score (nSPS) is 19.9. The number of ether oxygens (including phenoxy) is 1.